The zero-order valence-corrected chi connectivity index (χ0v) is 20.7. The third-order valence-electron chi connectivity index (χ3n) is 6.38. The molecule has 1 saturated heterocycles. The molecule has 1 heterocycles. The van der Waals surface area contributed by atoms with Crippen molar-refractivity contribution in [1.29, 1.82) is 0 Å². The number of hydrogen-bond acceptors (Lipinski definition) is 4. The average molecular weight is 523 g/mol. The Morgan fingerprint density at radius 1 is 0.868 bits per heavy atom. The van der Waals surface area contributed by atoms with Crippen molar-refractivity contribution in [1.82, 2.24) is 4.90 Å². The molecule has 0 saturated carbocycles. The van der Waals surface area contributed by atoms with Crippen LogP contribution in [0.2, 0.25) is 0 Å². The number of alkyl halides is 3. The number of rotatable bonds is 7. The van der Waals surface area contributed by atoms with Gasteiger partial charge in [-0.1, -0.05) is 42.8 Å². The minimum Gasteiger partial charge on any atom is -0.397 e. The molecular formula is C29H29F3N4O2. The predicted molar refractivity (Wildman–Crippen MR) is 143 cm³/mol. The largest absolute Gasteiger partial charge is 0.416 e. The van der Waals surface area contributed by atoms with E-state index in [-0.39, 0.29) is 11.8 Å². The van der Waals surface area contributed by atoms with Crippen molar-refractivity contribution >= 4 is 35.0 Å². The molecule has 0 radical (unpaired) electrons. The van der Waals surface area contributed by atoms with E-state index in [1.165, 1.54) is 18.2 Å². The maximum Gasteiger partial charge on any atom is 0.416 e. The molecule has 0 bridgehead atoms. The molecule has 3 aromatic carbocycles. The Labute approximate surface area is 219 Å². The number of hydrogen-bond donors (Lipinski definition) is 3. The molecule has 0 aromatic heterocycles. The van der Waals surface area contributed by atoms with E-state index in [2.05, 4.69) is 15.5 Å². The molecule has 1 fully saturated rings. The Morgan fingerprint density at radius 2 is 1.53 bits per heavy atom. The van der Waals surface area contributed by atoms with E-state index in [1.807, 2.05) is 24.3 Å². The van der Waals surface area contributed by atoms with Crippen molar-refractivity contribution in [3.63, 3.8) is 0 Å². The molecule has 2 amide bonds. The lowest BCUT2D eigenvalue weighted by Gasteiger charge is -2.34. The summed E-state index contributed by atoms with van der Waals surface area (Å²) in [7, 11) is 0. The molecule has 1 aliphatic rings. The number of carbonyl (C=O) groups excluding carboxylic acids is 2. The maximum absolute atomic E-state index is 13.3. The quantitative estimate of drug-likeness (QED) is 0.258. The summed E-state index contributed by atoms with van der Waals surface area (Å²) < 4.78 is 38.7. The summed E-state index contributed by atoms with van der Waals surface area (Å²) >= 11 is 0. The summed E-state index contributed by atoms with van der Waals surface area (Å²) in [5.41, 5.74) is 7.91. The maximum atomic E-state index is 13.3. The van der Waals surface area contributed by atoms with Gasteiger partial charge in [-0.25, -0.2) is 0 Å². The molecule has 1 atom stereocenters. The molecule has 4 N–H and O–H groups in total. The Balaban J connectivity index is 1.47. The van der Waals surface area contributed by atoms with Crippen LogP contribution in [-0.2, 0) is 15.8 Å². The number of anilines is 3. The highest BCUT2D eigenvalue weighted by molar-refractivity contribution is 6.03. The molecule has 0 spiro atoms. The summed E-state index contributed by atoms with van der Waals surface area (Å²) in [6.07, 6.45) is 1.64. The number of carbonyl (C=O) groups is 2. The number of piperidine rings is 1. The smallest absolute Gasteiger partial charge is 0.397 e. The molecule has 4 rings (SSSR count). The Bertz CT molecular complexity index is 1280. The van der Waals surface area contributed by atoms with Gasteiger partial charge in [-0.3, -0.25) is 14.5 Å². The van der Waals surface area contributed by atoms with Crippen LogP contribution in [0.15, 0.2) is 78.9 Å². The number of amides is 2. The lowest BCUT2D eigenvalue weighted by molar-refractivity contribution is -0.137. The molecule has 9 heteroatoms. The number of para-hydroxylation sites is 2. The van der Waals surface area contributed by atoms with Crippen LogP contribution in [0.4, 0.5) is 30.2 Å². The summed E-state index contributed by atoms with van der Waals surface area (Å²) in [6.45, 7) is 1.49. The minimum absolute atomic E-state index is 0.301. The lowest BCUT2D eigenvalue weighted by Crippen LogP contribution is -2.40. The van der Waals surface area contributed by atoms with Crippen LogP contribution in [0.5, 0.6) is 0 Å². The van der Waals surface area contributed by atoms with Gasteiger partial charge in [-0.15, -0.1) is 0 Å². The third-order valence-corrected chi connectivity index (χ3v) is 6.38. The van der Waals surface area contributed by atoms with Crippen molar-refractivity contribution < 1.29 is 22.8 Å². The first-order chi connectivity index (χ1) is 18.2. The number of nitrogens with one attached hydrogen (secondary N) is 2. The van der Waals surface area contributed by atoms with Gasteiger partial charge in [0, 0.05) is 11.8 Å². The van der Waals surface area contributed by atoms with Gasteiger partial charge in [0.2, 0.25) is 11.8 Å². The van der Waals surface area contributed by atoms with Crippen molar-refractivity contribution in [2.24, 2.45) is 0 Å². The average Bonchev–Trinajstić information content (AvgIpc) is 2.90. The standard InChI is InChI=1S/C29H29F3N4O2/c30-29(31,32)22-13-15-23(16-14-22)34-28(38)27(36-18-4-1-5-19-36)21-11-8-20(9-12-21)10-17-26(37)35-25-7-3-2-6-24(25)33/h2-3,6-17,27H,1,4-5,18-19,33H2,(H,34,38)(H,35,37). The van der Waals surface area contributed by atoms with E-state index in [4.69, 9.17) is 5.73 Å². The number of halogens is 3. The first-order valence-corrected chi connectivity index (χ1v) is 12.4. The Kier molecular flexibility index (Phi) is 8.48. The second-order valence-corrected chi connectivity index (χ2v) is 9.14. The lowest BCUT2D eigenvalue weighted by atomic mass is 9.99. The van der Waals surface area contributed by atoms with E-state index >= 15 is 0 Å². The highest BCUT2D eigenvalue weighted by atomic mass is 19.4. The van der Waals surface area contributed by atoms with E-state index in [0.717, 1.165) is 55.6 Å². The highest BCUT2D eigenvalue weighted by Crippen LogP contribution is 2.31. The number of nitrogens with zero attached hydrogens (tertiary/aromatic N) is 1. The fourth-order valence-corrected chi connectivity index (χ4v) is 4.40. The fraction of sp³-hybridized carbons (Fsp3) is 0.241. The first kappa shape index (κ1) is 26.9. The van der Waals surface area contributed by atoms with Crippen molar-refractivity contribution in [3.8, 4) is 0 Å². The van der Waals surface area contributed by atoms with Crippen LogP contribution in [0.25, 0.3) is 6.08 Å². The monoisotopic (exact) mass is 522 g/mol. The van der Waals surface area contributed by atoms with E-state index in [1.54, 1.807) is 30.3 Å². The van der Waals surface area contributed by atoms with Crippen LogP contribution >= 0.6 is 0 Å². The van der Waals surface area contributed by atoms with Gasteiger partial charge in [-0.2, -0.15) is 13.2 Å². The van der Waals surface area contributed by atoms with Gasteiger partial charge in [0.15, 0.2) is 0 Å². The minimum atomic E-state index is -4.44. The zero-order valence-electron chi connectivity index (χ0n) is 20.7. The van der Waals surface area contributed by atoms with Crippen molar-refractivity contribution in [3.05, 3.63) is 95.6 Å². The SMILES string of the molecule is Nc1ccccc1NC(=O)C=Cc1ccc(C(C(=O)Nc2ccc(C(F)(F)F)cc2)N2CCCCC2)cc1. The second kappa shape index (κ2) is 12.0. The predicted octanol–water partition coefficient (Wildman–Crippen LogP) is 6.11. The molecule has 6 nitrogen and oxygen atoms in total. The van der Waals surface area contributed by atoms with Gasteiger partial charge in [0.05, 0.1) is 16.9 Å². The van der Waals surface area contributed by atoms with E-state index in [0.29, 0.717) is 17.1 Å². The van der Waals surface area contributed by atoms with E-state index < -0.39 is 17.8 Å². The first-order valence-electron chi connectivity index (χ1n) is 12.4. The van der Waals surface area contributed by atoms with Crippen LogP contribution in [0.3, 0.4) is 0 Å². The van der Waals surface area contributed by atoms with Crippen molar-refractivity contribution in [2.45, 2.75) is 31.5 Å². The highest BCUT2D eigenvalue weighted by Gasteiger charge is 2.31. The summed E-state index contributed by atoms with van der Waals surface area (Å²) in [4.78, 5) is 27.7. The third kappa shape index (κ3) is 7.01. The molecule has 38 heavy (non-hydrogen) atoms. The Hall–Kier alpha value is -4.11. The number of nitrogen functional groups attached to an aromatic ring is 1. The van der Waals surface area contributed by atoms with Gasteiger partial charge in [0.25, 0.3) is 0 Å². The summed E-state index contributed by atoms with van der Waals surface area (Å²) in [6, 6.07) is 18.1. The molecular weight excluding hydrogens is 493 g/mol. The van der Waals surface area contributed by atoms with Gasteiger partial charge < -0.3 is 16.4 Å². The summed E-state index contributed by atoms with van der Waals surface area (Å²) in [5.74, 6) is -0.635. The van der Waals surface area contributed by atoms with Gasteiger partial charge in [-0.05, 0) is 79.5 Å². The zero-order chi connectivity index (χ0) is 27.1. The topological polar surface area (TPSA) is 87.5 Å². The Morgan fingerprint density at radius 3 is 2.16 bits per heavy atom. The van der Waals surface area contributed by atoms with Crippen molar-refractivity contribution in [2.75, 3.05) is 29.5 Å². The number of nitrogens with two attached hydrogens (primary N) is 1. The molecule has 1 aliphatic heterocycles. The van der Waals surface area contributed by atoms with Gasteiger partial charge in [0.1, 0.15) is 6.04 Å². The van der Waals surface area contributed by atoms with Crippen LogP contribution in [-0.4, -0.2) is 29.8 Å². The summed E-state index contributed by atoms with van der Waals surface area (Å²) in [5, 5.41) is 5.50. The van der Waals surface area contributed by atoms with Gasteiger partial charge >= 0.3 is 6.18 Å². The van der Waals surface area contributed by atoms with Crippen LogP contribution in [0.1, 0.15) is 42.0 Å². The van der Waals surface area contributed by atoms with E-state index in [9.17, 15) is 22.8 Å². The number of likely N-dealkylation sites (tertiary alicyclic amines) is 1. The normalized spacial score (nSPS) is 15.2. The van der Waals surface area contributed by atoms with Crippen LogP contribution < -0.4 is 16.4 Å². The molecule has 1 unspecified atom stereocenters. The fourth-order valence-electron chi connectivity index (χ4n) is 4.40. The number of benzene rings is 3. The molecule has 3 aromatic rings. The molecule has 198 valence electrons. The second-order valence-electron chi connectivity index (χ2n) is 9.14. The molecule has 0 aliphatic carbocycles. The van der Waals surface area contributed by atoms with Crippen LogP contribution in [0, 0.1) is 0 Å².